The summed E-state index contributed by atoms with van der Waals surface area (Å²) >= 11 is 24.4. The van der Waals surface area contributed by atoms with Gasteiger partial charge in [-0.25, -0.2) is 0 Å². The van der Waals surface area contributed by atoms with Crippen LogP contribution in [0.3, 0.4) is 0 Å². The maximum atomic E-state index is 11.1. The first-order valence-electron chi connectivity index (χ1n) is 6.68. The van der Waals surface area contributed by atoms with Crippen LogP contribution in [0.15, 0.2) is 4.76 Å². The number of halogens is 4. The molecular weight excluding hydrogens is 423 g/mol. The molecule has 0 radical (unpaired) electrons. The molecule has 11 heteroatoms. The monoisotopic (exact) mass is 433 g/mol. The Morgan fingerprint density at radius 2 is 1.21 bits per heavy atom. The van der Waals surface area contributed by atoms with Gasteiger partial charge in [0.15, 0.2) is 0 Å². The molecule has 1 spiro atoms. The van der Waals surface area contributed by atoms with Gasteiger partial charge in [0.05, 0.1) is 0 Å². The van der Waals surface area contributed by atoms with E-state index in [0.29, 0.717) is 0 Å². The van der Waals surface area contributed by atoms with Gasteiger partial charge in [-0.1, -0.05) is 0 Å². The van der Waals surface area contributed by atoms with Crippen LogP contribution in [-0.2, 0) is 13.8 Å². The SMILES string of the molecule is CC1(C)OP2(N=C=O)(Oc3c(Cl)c(Cl)c(Cl)c(Cl)c3O2)OC1(C)C. The van der Waals surface area contributed by atoms with Crippen molar-refractivity contribution in [3.05, 3.63) is 20.1 Å². The molecule has 0 unspecified atom stereocenters. The number of benzene rings is 1. The fourth-order valence-electron chi connectivity index (χ4n) is 2.30. The second-order valence-electron chi connectivity index (χ2n) is 6.27. The Hall–Kier alpha value is -0.290. The quantitative estimate of drug-likeness (QED) is 0.174. The van der Waals surface area contributed by atoms with Gasteiger partial charge >= 0.3 is 158 Å². The van der Waals surface area contributed by atoms with E-state index in [2.05, 4.69) is 4.76 Å². The van der Waals surface area contributed by atoms with Gasteiger partial charge in [0.1, 0.15) is 0 Å². The van der Waals surface area contributed by atoms with Crippen LogP contribution in [0.25, 0.3) is 0 Å². The third-order valence-electron chi connectivity index (χ3n) is 4.09. The molecule has 0 amide bonds. The standard InChI is InChI=1S/C13H12Cl4NO5P/c1-12(2)13(3,4)23-24(22-12,18-5-19)20-10-8(16)6(14)7(15)9(17)11(10)21-24/h1-4H3. The molecule has 0 bridgehead atoms. The molecule has 0 aromatic heterocycles. The first-order valence-corrected chi connectivity index (χ1v) is 10.1. The molecule has 2 heterocycles. The summed E-state index contributed by atoms with van der Waals surface area (Å²) in [6.45, 7) is 6.97. The number of fused-ring (bicyclic) bond motifs is 1. The molecule has 132 valence electrons. The number of carbonyl (C=O) groups excluding carboxylic acids is 1. The molecule has 6 nitrogen and oxygen atoms in total. The molecule has 1 fully saturated rings. The Bertz CT molecular complexity index is 764. The predicted octanol–water partition coefficient (Wildman–Crippen LogP) is 6.14. The fraction of sp³-hybridized carbons (Fsp3) is 0.462. The summed E-state index contributed by atoms with van der Waals surface area (Å²) in [7, 11) is -4.78. The molecule has 2 aliphatic rings. The number of hydrogen-bond acceptors (Lipinski definition) is 6. The fourth-order valence-corrected chi connectivity index (χ4v) is 6.75. The molecule has 24 heavy (non-hydrogen) atoms. The second kappa shape index (κ2) is 5.12. The van der Waals surface area contributed by atoms with Crippen LogP contribution in [0.5, 0.6) is 11.5 Å². The van der Waals surface area contributed by atoms with E-state index in [1.165, 1.54) is 6.08 Å². The predicted molar refractivity (Wildman–Crippen MR) is 93.1 cm³/mol. The molecule has 2 aliphatic heterocycles. The average molecular weight is 435 g/mol. The summed E-state index contributed by atoms with van der Waals surface area (Å²) < 4.78 is 27.1. The maximum absolute atomic E-state index is 11.1. The van der Waals surface area contributed by atoms with Gasteiger partial charge in [-0.3, -0.25) is 0 Å². The van der Waals surface area contributed by atoms with Crippen molar-refractivity contribution in [3.8, 4) is 11.5 Å². The summed E-state index contributed by atoms with van der Waals surface area (Å²) in [4.78, 5) is 11.1. The van der Waals surface area contributed by atoms with Gasteiger partial charge < -0.3 is 0 Å². The van der Waals surface area contributed by atoms with Gasteiger partial charge in [0.2, 0.25) is 0 Å². The molecule has 0 atom stereocenters. The summed E-state index contributed by atoms with van der Waals surface area (Å²) in [6.07, 6.45) is 1.39. The van der Waals surface area contributed by atoms with E-state index in [4.69, 9.17) is 64.5 Å². The van der Waals surface area contributed by atoms with Crippen molar-refractivity contribution in [2.24, 2.45) is 4.76 Å². The van der Waals surface area contributed by atoms with Crippen LogP contribution in [0.1, 0.15) is 27.7 Å². The van der Waals surface area contributed by atoms with Crippen LogP contribution >= 0.6 is 54.1 Å². The van der Waals surface area contributed by atoms with Gasteiger partial charge in [-0.2, -0.15) is 0 Å². The molecule has 1 saturated heterocycles. The number of isocyanates is 1. The Kier molecular flexibility index (Phi) is 3.95. The molecule has 1 aromatic carbocycles. The van der Waals surface area contributed by atoms with Crippen molar-refractivity contribution >= 4 is 60.1 Å². The number of rotatable bonds is 1. The third-order valence-corrected chi connectivity index (χ3v) is 8.76. The van der Waals surface area contributed by atoms with Crippen molar-refractivity contribution < 1.29 is 22.9 Å². The van der Waals surface area contributed by atoms with E-state index in [1.807, 2.05) is 0 Å². The average Bonchev–Trinajstić information content (AvgIpc) is 2.85. The molecule has 1 aromatic rings. The van der Waals surface area contributed by atoms with Gasteiger partial charge in [0, 0.05) is 0 Å². The van der Waals surface area contributed by atoms with Crippen LogP contribution in [-0.4, -0.2) is 17.3 Å². The summed E-state index contributed by atoms with van der Waals surface area (Å²) in [5.41, 5.74) is -1.83. The Morgan fingerprint density at radius 3 is 1.54 bits per heavy atom. The van der Waals surface area contributed by atoms with Crippen LogP contribution in [0.2, 0.25) is 20.1 Å². The number of hydrogen-bond donors (Lipinski definition) is 0. The minimum atomic E-state index is -4.78. The van der Waals surface area contributed by atoms with E-state index in [1.54, 1.807) is 27.7 Å². The van der Waals surface area contributed by atoms with Crippen LogP contribution < -0.4 is 9.05 Å². The topological polar surface area (TPSA) is 66.4 Å². The molecular formula is C13H12Cl4NO5P. The summed E-state index contributed by atoms with van der Waals surface area (Å²) in [6, 6.07) is 0. The van der Waals surface area contributed by atoms with E-state index in [0.717, 1.165) is 0 Å². The van der Waals surface area contributed by atoms with Gasteiger partial charge in [-0.15, -0.1) is 0 Å². The van der Waals surface area contributed by atoms with Crippen molar-refractivity contribution in [2.75, 3.05) is 0 Å². The van der Waals surface area contributed by atoms with Crippen molar-refractivity contribution in [1.82, 2.24) is 0 Å². The Morgan fingerprint density at radius 1 is 0.833 bits per heavy atom. The summed E-state index contributed by atoms with van der Waals surface area (Å²) in [5, 5.41) is -0.175. The van der Waals surface area contributed by atoms with Gasteiger partial charge in [0.25, 0.3) is 0 Å². The van der Waals surface area contributed by atoms with Crippen molar-refractivity contribution in [2.45, 2.75) is 38.9 Å². The molecule has 0 N–H and O–H groups in total. The Labute approximate surface area is 158 Å². The first-order chi connectivity index (χ1) is 10.9. The van der Waals surface area contributed by atoms with E-state index in [-0.39, 0.29) is 31.6 Å². The zero-order valence-corrected chi connectivity index (χ0v) is 16.9. The molecule has 3 rings (SSSR count). The second-order valence-corrected chi connectivity index (χ2v) is 10.3. The molecule has 0 saturated carbocycles. The van der Waals surface area contributed by atoms with E-state index >= 15 is 0 Å². The van der Waals surface area contributed by atoms with Crippen LogP contribution in [0.4, 0.5) is 0 Å². The van der Waals surface area contributed by atoms with Crippen LogP contribution in [0, 0.1) is 0 Å². The normalized spacial score (nSPS) is 25.8. The van der Waals surface area contributed by atoms with E-state index < -0.39 is 18.9 Å². The zero-order chi connectivity index (χ0) is 18.2. The zero-order valence-electron chi connectivity index (χ0n) is 12.9. The minimum absolute atomic E-state index is 0.0305. The van der Waals surface area contributed by atoms with Crippen molar-refractivity contribution in [3.63, 3.8) is 0 Å². The Balaban J connectivity index is 2.27. The molecule has 0 aliphatic carbocycles. The van der Waals surface area contributed by atoms with Crippen molar-refractivity contribution in [1.29, 1.82) is 0 Å². The third kappa shape index (κ3) is 2.29. The number of nitrogens with zero attached hydrogens (tertiary/aromatic N) is 1. The summed E-state index contributed by atoms with van der Waals surface area (Å²) in [5.74, 6) is -0.109. The van der Waals surface area contributed by atoms with Gasteiger partial charge in [-0.05, 0) is 0 Å². The van der Waals surface area contributed by atoms with E-state index in [9.17, 15) is 4.79 Å². The first kappa shape index (κ1) is 18.5.